The molecule has 1 N–H and O–H groups in total. The summed E-state index contributed by atoms with van der Waals surface area (Å²) in [4.78, 5) is 0. The van der Waals surface area contributed by atoms with Gasteiger partial charge < -0.3 is 5.32 Å². The highest BCUT2D eigenvalue weighted by Gasteiger charge is 2.13. The van der Waals surface area contributed by atoms with Crippen LogP contribution in [0.2, 0.25) is 5.02 Å². The lowest BCUT2D eigenvalue weighted by atomic mass is 10.0. The molecule has 2 aromatic rings. The van der Waals surface area contributed by atoms with E-state index in [0.29, 0.717) is 21.8 Å². The minimum absolute atomic E-state index is 0.0364. The third-order valence-electron chi connectivity index (χ3n) is 3.48. The molecule has 0 saturated heterocycles. The van der Waals surface area contributed by atoms with Crippen molar-refractivity contribution in [2.45, 2.75) is 26.3 Å². The molecule has 4 heteroatoms. The number of rotatable bonds is 4. The summed E-state index contributed by atoms with van der Waals surface area (Å²) in [5, 5.41) is 13.0. The van der Waals surface area contributed by atoms with Gasteiger partial charge in [0.15, 0.2) is 0 Å². The first-order chi connectivity index (χ1) is 10.0. The Labute approximate surface area is 129 Å². The maximum atomic E-state index is 13.8. The SMILES string of the molecule is CCC(Nc1cc(C#N)cc(F)c1C)c1ccc(Cl)cc1. The Bertz CT molecular complexity index is 674. The number of hydrogen-bond donors (Lipinski definition) is 1. The Balaban J connectivity index is 2.33. The van der Waals surface area contributed by atoms with E-state index in [9.17, 15) is 4.39 Å². The zero-order valence-corrected chi connectivity index (χ0v) is 12.7. The first-order valence-corrected chi connectivity index (χ1v) is 7.15. The van der Waals surface area contributed by atoms with E-state index in [2.05, 4.69) is 5.32 Å². The molecular formula is C17H16ClFN2. The second-order valence-corrected chi connectivity index (χ2v) is 5.34. The van der Waals surface area contributed by atoms with Gasteiger partial charge >= 0.3 is 0 Å². The summed E-state index contributed by atoms with van der Waals surface area (Å²) >= 11 is 5.90. The van der Waals surface area contributed by atoms with Crippen LogP contribution in [-0.2, 0) is 0 Å². The molecule has 2 rings (SSSR count). The van der Waals surface area contributed by atoms with E-state index in [1.165, 1.54) is 6.07 Å². The number of nitrogens with zero attached hydrogens (tertiary/aromatic N) is 1. The van der Waals surface area contributed by atoms with Gasteiger partial charge in [0.1, 0.15) is 5.82 Å². The Morgan fingerprint density at radius 1 is 1.29 bits per heavy atom. The third kappa shape index (κ3) is 3.53. The van der Waals surface area contributed by atoms with Gasteiger partial charge in [-0.2, -0.15) is 5.26 Å². The Hall–Kier alpha value is -2.05. The number of nitrogens with one attached hydrogen (secondary N) is 1. The first-order valence-electron chi connectivity index (χ1n) is 6.77. The fourth-order valence-electron chi connectivity index (χ4n) is 2.20. The molecule has 0 aliphatic carbocycles. The molecule has 0 saturated carbocycles. The van der Waals surface area contributed by atoms with Crippen molar-refractivity contribution in [1.29, 1.82) is 5.26 Å². The van der Waals surface area contributed by atoms with Crippen LogP contribution >= 0.6 is 11.6 Å². The van der Waals surface area contributed by atoms with Gasteiger partial charge in [0.25, 0.3) is 0 Å². The number of nitriles is 1. The zero-order chi connectivity index (χ0) is 15.4. The van der Waals surface area contributed by atoms with Crippen molar-refractivity contribution >= 4 is 17.3 Å². The van der Waals surface area contributed by atoms with Gasteiger partial charge in [-0.05, 0) is 43.2 Å². The molecule has 1 atom stereocenters. The fourth-order valence-corrected chi connectivity index (χ4v) is 2.32. The summed E-state index contributed by atoms with van der Waals surface area (Å²) in [7, 11) is 0. The van der Waals surface area contributed by atoms with E-state index in [4.69, 9.17) is 16.9 Å². The molecule has 2 aromatic carbocycles. The summed E-state index contributed by atoms with van der Waals surface area (Å²) in [5.74, 6) is -0.373. The van der Waals surface area contributed by atoms with Gasteiger partial charge in [-0.15, -0.1) is 0 Å². The van der Waals surface area contributed by atoms with Crippen molar-refractivity contribution in [3.8, 4) is 6.07 Å². The van der Waals surface area contributed by atoms with Crippen molar-refractivity contribution in [3.05, 3.63) is 63.9 Å². The van der Waals surface area contributed by atoms with E-state index in [0.717, 1.165) is 12.0 Å². The summed E-state index contributed by atoms with van der Waals surface area (Å²) in [6.45, 7) is 3.75. The summed E-state index contributed by atoms with van der Waals surface area (Å²) in [6, 6.07) is 12.5. The fraction of sp³-hybridized carbons (Fsp3) is 0.235. The van der Waals surface area contributed by atoms with Gasteiger partial charge in [-0.25, -0.2) is 4.39 Å². The smallest absolute Gasteiger partial charge is 0.129 e. The average molecular weight is 303 g/mol. The maximum absolute atomic E-state index is 13.8. The number of anilines is 1. The molecule has 0 aliphatic heterocycles. The summed E-state index contributed by atoms with van der Waals surface area (Å²) in [6.07, 6.45) is 0.833. The van der Waals surface area contributed by atoms with Crippen LogP contribution < -0.4 is 5.32 Å². The van der Waals surface area contributed by atoms with Gasteiger partial charge in [0.2, 0.25) is 0 Å². The third-order valence-corrected chi connectivity index (χ3v) is 3.74. The lowest BCUT2D eigenvalue weighted by Crippen LogP contribution is -2.11. The topological polar surface area (TPSA) is 35.8 Å². The van der Waals surface area contributed by atoms with Crippen LogP contribution in [0.3, 0.4) is 0 Å². The molecular weight excluding hydrogens is 287 g/mol. The normalized spacial score (nSPS) is 11.8. The van der Waals surface area contributed by atoms with E-state index >= 15 is 0 Å². The molecule has 0 aromatic heterocycles. The largest absolute Gasteiger partial charge is 0.378 e. The van der Waals surface area contributed by atoms with Gasteiger partial charge in [0.05, 0.1) is 17.7 Å². The highest BCUT2D eigenvalue weighted by molar-refractivity contribution is 6.30. The Morgan fingerprint density at radius 3 is 2.52 bits per heavy atom. The molecule has 0 bridgehead atoms. The van der Waals surface area contributed by atoms with Gasteiger partial charge in [-0.1, -0.05) is 30.7 Å². The predicted octanol–water partition coefficient (Wildman–Crippen LogP) is 5.22. The molecule has 1 unspecified atom stereocenters. The van der Waals surface area contributed by atoms with Gasteiger partial charge in [-0.3, -0.25) is 0 Å². The second-order valence-electron chi connectivity index (χ2n) is 4.90. The Kier molecular flexibility index (Phi) is 4.82. The van der Waals surface area contributed by atoms with Crippen LogP contribution in [0.1, 0.15) is 36.1 Å². The molecule has 108 valence electrons. The Morgan fingerprint density at radius 2 is 1.95 bits per heavy atom. The minimum atomic E-state index is -0.373. The standard InChI is InChI=1S/C17H16ClFN2/c1-3-16(13-4-6-14(18)7-5-13)21-17-9-12(10-20)8-15(19)11(17)2/h4-9,16,21H,3H2,1-2H3. The monoisotopic (exact) mass is 302 g/mol. The molecule has 0 heterocycles. The van der Waals surface area contributed by atoms with Crippen LogP contribution in [0.25, 0.3) is 0 Å². The number of hydrogen-bond acceptors (Lipinski definition) is 2. The average Bonchev–Trinajstić information content (AvgIpc) is 2.49. The molecule has 0 fully saturated rings. The van der Waals surface area contributed by atoms with Crippen molar-refractivity contribution < 1.29 is 4.39 Å². The van der Waals surface area contributed by atoms with Crippen LogP contribution in [-0.4, -0.2) is 0 Å². The minimum Gasteiger partial charge on any atom is -0.378 e. The van der Waals surface area contributed by atoms with Crippen LogP contribution in [0, 0.1) is 24.1 Å². The molecule has 2 nitrogen and oxygen atoms in total. The number of halogens is 2. The van der Waals surface area contributed by atoms with Crippen LogP contribution in [0.5, 0.6) is 0 Å². The molecule has 0 aliphatic rings. The molecule has 0 amide bonds. The van der Waals surface area contributed by atoms with Crippen LogP contribution in [0.15, 0.2) is 36.4 Å². The summed E-state index contributed by atoms with van der Waals surface area (Å²) in [5.41, 5.74) is 2.55. The van der Waals surface area contributed by atoms with E-state index in [1.54, 1.807) is 13.0 Å². The second kappa shape index (κ2) is 6.60. The molecule has 21 heavy (non-hydrogen) atoms. The van der Waals surface area contributed by atoms with Crippen LogP contribution in [0.4, 0.5) is 10.1 Å². The van der Waals surface area contributed by atoms with E-state index < -0.39 is 0 Å². The highest BCUT2D eigenvalue weighted by Crippen LogP contribution is 2.27. The zero-order valence-electron chi connectivity index (χ0n) is 12.0. The molecule has 0 spiro atoms. The van der Waals surface area contributed by atoms with E-state index in [1.807, 2.05) is 37.3 Å². The van der Waals surface area contributed by atoms with Crippen molar-refractivity contribution in [2.24, 2.45) is 0 Å². The predicted molar refractivity (Wildman–Crippen MR) is 84.0 cm³/mol. The van der Waals surface area contributed by atoms with Crippen molar-refractivity contribution in [2.75, 3.05) is 5.32 Å². The lowest BCUT2D eigenvalue weighted by molar-refractivity contribution is 0.617. The lowest BCUT2D eigenvalue weighted by Gasteiger charge is -2.20. The maximum Gasteiger partial charge on any atom is 0.129 e. The van der Waals surface area contributed by atoms with Crippen molar-refractivity contribution in [3.63, 3.8) is 0 Å². The quantitative estimate of drug-likeness (QED) is 0.840. The number of benzene rings is 2. The summed E-state index contributed by atoms with van der Waals surface area (Å²) < 4.78 is 13.8. The highest BCUT2D eigenvalue weighted by atomic mass is 35.5. The van der Waals surface area contributed by atoms with E-state index in [-0.39, 0.29) is 11.9 Å². The first kappa shape index (κ1) is 15.3. The van der Waals surface area contributed by atoms with Gasteiger partial charge in [0, 0.05) is 16.3 Å². The molecule has 0 radical (unpaired) electrons. The van der Waals surface area contributed by atoms with Crippen molar-refractivity contribution in [1.82, 2.24) is 0 Å².